The molecule has 1 fully saturated rings. The summed E-state index contributed by atoms with van der Waals surface area (Å²) in [7, 11) is 0. The Kier molecular flexibility index (Phi) is 7.74. The van der Waals surface area contributed by atoms with Gasteiger partial charge < -0.3 is 29.5 Å². The van der Waals surface area contributed by atoms with E-state index in [4.69, 9.17) is 25.8 Å². The average Bonchev–Trinajstić information content (AvgIpc) is 2.74. The van der Waals surface area contributed by atoms with Crippen molar-refractivity contribution in [3.8, 4) is 5.75 Å². The van der Waals surface area contributed by atoms with Crippen LogP contribution in [0.1, 0.15) is 37.0 Å². The van der Waals surface area contributed by atoms with Gasteiger partial charge in [0.1, 0.15) is 18.0 Å². The highest BCUT2D eigenvalue weighted by Crippen LogP contribution is 2.40. The Morgan fingerprint density at radius 3 is 2.47 bits per heavy atom. The lowest BCUT2D eigenvalue weighted by atomic mass is 9.89. The molecule has 0 bridgehead atoms. The van der Waals surface area contributed by atoms with E-state index >= 15 is 0 Å². The summed E-state index contributed by atoms with van der Waals surface area (Å²) in [5, 5.41) is 30.7. The molecular weight excluding hydrogens is 408 g/mol. The summed E-state index contributed by atoms with van der Waals surface area (Å²) in [6.45, 7) is 4.28. The van der Waals surface area contributed by atoms with Gasteiger partial charge in [-0.25, -0.2) is 0 Å². The van der Waals surface area contributed by atoms with Crippen LogP contribution in [0.2, 0.25) is 5.02 Å². The highest BCUT2D eigenvalue weighted by Gasteiger charge is 2.48. The lowest BCUT2D eigenvalue weighted by Gasteiger charge is -2.45. The normalized spacial score (nSPS) is 26.5. The fourth-order valence-corrected chi connectivity index (χ4v) is 3.97. The van der Waals surface area contributed by atoms with Gasteiger partial charge in [-0.1, -0.05) is 29.8 Å². The molecule has 4 atom stereocenters. The molecule has 164 valence electrons. The number of halogens is 1. The number of benzene rings is 2. The second kappa shape index (κ2) is 10.1. The van der Waals surface area contributed by atoms with Crippen LogP contribution in [0.15, 0.2) is 42.5 Å². The van der Waals surface area contributed by atoms with E-state index in [9.17, 15) is 15.3 Å². The fraction of sp³-hybridized carbons (Fsp3) is 0.478. The van der Waals surface area contributed by atoms with E-state index in [1.807, 2.05) is 44.2 Å². The first-order chi connectivity index (χ1) is 14.4. The van der Waals surface area contributed by atoms with E-state index in [0.29, 0.717) is 30.2 Å². The molecule has 6 nitrogen and oxygen atoms in total. The van der Waals surface area contributed by atoms with Crippen molar-refractivity contribution in [2.45, 2.75) is 50.8 Å². The Hall–Kier alpha value is -1.67. The standard InChI is InChI=1S/C23H29ClO6/c1-3-28-18-8-5-15(6-9-18)11-16-12-17(7-10-19(16)24)23(29-4-2)13-20(26)22(27)21(14-25)30-23/h5-10,12,20-22,25-27H,3-4,11,13-14H2,1-2H3/t20?,21?,22-,23?/m0/s1. The van der Waals surface area contributed by atoms with Gasteiger partial charge in [-0.15, -0.1) is 0 Å². The maximum absolute atomic E-state index is 10.4. The van der Waals surface area contributed by atoms with Crippen LogP contribution in [0.3, 0.4) is 0 Å². The second-order valence-electron chi connectivity index (χ2n) is 7.35. The van der Waals surface area contributed by atoms with Crippen LogP contribution in [0.5, 0.6) is 5.75 Å². The first-order valence-corrected chi connectivity index (χ1v) is 10.6. The number of aliphatic hydroxyl groups is 3. The summed E-state index contributed by atoms with van der Waals surface area (Å²) in [5.41, 5.74) is 2.62. The predicted molar refractivity (Wildman–Crippen MR) is 114 cm³/mol. The third-order valence-corrected chi connectivity index (χ3v) is 5.64. The minimum absolute atomic E-state index is 0.0443. The quantitative estimate of drug-likeness (QED) is 0.589. The van der Waals surface area contributed by atoms with Crippen LogP contribution < -0.4 is 4.74 Å². The van der Waals surface area contributed by atoms with Gasteiger partial charge in [-0.2, -0.15) is 0 Å². The van der Waals surface area contributed by atoms with Crippen LogP contribution in [0.25, 0.3) is 0 Å². The van der Waals surface area contributed by atoms with Crippen molar-refractivity contribution in [2.75, 3.05) is 19.8 Å². The number of rotatable bonds is 8. The third-order valence-electron chi connectivity index (χ3n) is 5.27. The molecule has 0 aliphatic carbocycles. The number of ether oxygens (including phenoxy) is 3. The van der Waals surface area contributed by atoms with Crippen LogP contribution in [-0.2, 0) is 21.7 Å². The van der Waals surface area contributed by atoms with Gasteiger partial charge in [0.15, 0.2) is 5.79 Å². The lowest BCUT2D eigenvalue weighted by Crippen LogP contribution is -2.55. The Labute approximate surface area is 182 Å². The Bertz CT molecular complexity index is 827. The van der Waals surface area contributed by atoms with Crippen LogP contribution >= 0.6 is 11.6 Å². The van der Waals surface area contributed by atoms with Crippen molar-refractivity contribution in [3.05, 3.63) is 64.2 Å². The van der Waals surface area contributed by atoms with E-state index < -0.39 is 30.7 Å². The summed E-state index contributed by atoms with van der Waals surface area (Å²) in [6, 6.07) is 13.3. The Morgan fingerprint density at radius 1 is 1.10 bits per heavy atom. The molecule has 3 rings (SSSR count). The van der Waals surface area contributed by atoms with Crippen molar-refractivity contribution in [1.82, 2.24) is 0 Å². The summed E-state index contributed by atoms with van der Waals surface area (Å²) >= 11 is 6.46. The SMILES string of the molecule is CCOc1ccc(Cc2cc(C3(OCC)CC(O)[C@H](O)C(CO)O3)ccc2Cl)cc1. The van der Waals surface area contributed by atoms with Gasteiger partial charge in [0.25, 0.3) is 0 Å². The fourth-order valence-electron chi connectivity index (χ4n) is 3.78. The minimum atomic E-state index is -1.28. The molecule has 0 spiro atoms. The second-order valence-corrected chi connectivity index (χ2v) is 7.75. The van der Waals surface area contributed by atoms with Gasteiger partial charge in [0, 0.05) is 23.6 Å². The highest BCUT2D eigenvalue weighted by molar-refractivity contribution is 6.31. The van der Waals surface area contributed by atoms with Crippen molar-refractivity contribution in [1.29, 1.82) is 0 Å². The molecule has 3 unspecified atom stereocenters. The van der Waals surface area contributed by atoms with Crippen LogP contribution in [-0.4, -0.2) is 53.5 Å². The van der Waals surface area contributed by atoms with Gasteiger partial charge in [-0.05, 0) is 55.7 Å². The van der Waals surface area contributed by atoms with Crippen molar-refractivity contribution in [2.24, 2.45) is 0 Å². The molecule has 30 heavy (non-hydrogen) atoms. The number of hydrogen-bond donors (Lipinski definition) is 3. The van der Waals surface area contributed by atoms with Gasteiger partial charge in [-0.3, -0.25) is 0 Å². The van der Waals surface area contributed by atoms with Gasteiger partial charge in [0.2, 0.25) is 0 Å². The maximum Gasteiger partial charge on any atom is 0.197 e. The first kappa shape index (κ1) is 23.0. The van der Waals surface area contributed by atoms with Crippen molar-refractivity contribution >= 4 is 11.6 Å². The molecule has 0 saturated carbocycles. The molecule has 1 aliphatic rings. The molecular formula is C23H29ClO6. The molecule has 7 heteroatoms. The summed E-state index contributed by atoms with van der Waals surface area (Å²) in [4.78, 5) is 0. The zero-order chi connectivity index (χ0) is 21.7. The lowest BCUT2D eigenvalue weighted by molar-refractivity contribution is -0.330. The highest BCUT2D eigenvalue weighted by atomic mass is 35.5. The summed E-state index contributed by atoms with van der Waals surface area (Å²) in [5.74, 6) is -0.464. The zero-order valence-corrected chi connectivity index (χ0v) is 18.0. The monoisotopic (exact) mass is 436 g/mol. The Morgan fingerprint density at radius 2 is 1.83 bits per heavy atom. The molecule has 3 N–H and O–H groups in total. The molecule has 0 amide bonds. The third kappa shape index (κ3) is 4.97. The summed E-state index contributed by atoms with van der Waals surface area (Å²) < 4.78 is 17.4. The zero-order valence-electron chi connectivity index (χ0n) is 17.3. The van der Waals surface area contributed by atoms with Crippen LogP contribution in [0, 0.1) is 0 Å². The topological polar surface area (TPSA) is 88.4 Å². The van der Waals surface area contributed by atoms with Crippen molar-refractivity contribution < 1.29 is 29.5 Å². The van der Waals surface area contributed by atoms with E-state index in [0.717, 1.165) is 16.9 Å². The smallest absolute Gasteiger partial charge is 0.197 e. The molecule has 2 aromatic carbocycles. The maximum atomic E-state index is 10.4. The van der Waals surface area contributed by atoms with E-state index in [2.05, 4.69) is 0 Å². The summed E-state index contributed by atoms with van der Waals surface area (Å²) in [6.07, 6.45) is -2.59. The molecule has 0 aromatic heterocycles. The van der Waals surface area contributed by atoms with E-state index in [1.165, 1.54) is 0 Å². The molecule has 1 heterocycles. The largest absolute Gasteiger partial charge is 0.494 e. The minimum Gasteiger partial charge on any atom is -0.494 e. The molecule has 2 aromatic rings. The van der Waals surface area contributed by atoms with Gasteiger partial charge >= 0.3 is 0 Å². The van der Waals surface area contributed by atoms with E-state index in [1.54, 1.807) is 12.1 Å². The average molecular weight is 437 g/mol. The Balaban J connectivity index is 1.91. The molecule has 1 aliphatic heterocycles. The van der Waals surface area contributed by atoms with Gasteiger partial charge in [0.05, 0.1) is 19.3 Å². The van der Waals surface area contributed by atoms with E-state index in [-0.39, 0.29) is 6.42 Å². The predicted octanol–water partition coefficient (Wildman–Crippen LogP) is 3.02. The van der Waals surface area contributed by atoms with Crippen molar-refractivity contribution in [3.63, 3.8) is 0 Å². The molecule has 0 radical (unpaired) electrons. The first-order valence-electron chi connectivity index (χ1n) is 10.2. The number of aliphatic hydroxyl groups excluding tert-OH is 3. The molecule has 1 saturated heterocycles. The number of hydrogen-bond acceptors (Lipinski definition) is 6. The van der Waals surface area contributed by atoms with Crippen LogP contribution in [0.4, 0.5) is 0 Å².